The Balaban J connectivity index is 0.000000234. The number of ether oxygens (including phenoxy) is 5. The first-order chi connectivity index (χ1) is 44.2. The van der Waals surface area contributed by atoms with Gasteiger partial charge in [-0.05, 0) is 50.5 Å². The number of hydrogen-bond donors (Lipinski definition) is 10. The number of nitro benzene ring substituents is 2. The van der Waals surface area contributed by atoms with E-state index in [-0.39, 0.29) is 70.3 Å². The van der Waals surface area contributed by atoms with Crippen molar-refractivity contribution in [3.05, 3.63) is 178 Å². The minimum Gasteiger partial charge on any atom is -0.411 e. The molecule has 0 bridgehead atoms. The van der Waals surface area contributed by atoms with Gasteiger partial charge in [0.15, 0.2) is 8.32 Å². The zero-order valence-electron chi connectivity index (χ0n) is 52.1. The van der Waals surface area contributed by atoms with Gasteiger partial charge in [-0.1, -0.05) is 67.9 Å². The second-order valence-corrected chi connectivity index (χ2v) is 33.0. The van der Waals surface area contributed by atoms with E-state index < -0.39 is 145 Å². The molecule has 8 rings (SSSR count). The molecule has 95 heavy (non-hydrogen) atoms. The maximum atomic E-state index is 12.4. The molecule has 13 atom stereocenters. The lowest BCUT2D eigenvalue weighted by Crippen LogP contribution is -2.45. The van der Waals surface area contributed by atoms with E-state index in [1.165, 1.54) is 42.0 Å². The van der Waals surface area contributed by atoms with Crippen LogP contribution in [0.3, 0.4) is 0 Å². The molecule has 0 aliphatic carbocycles. The molecule has 7 unspecified atom stereocenters. The van der Waals surface area contributed by atoms with Crippen molar-refractivity contribution < 1.29 is 99.7 Å². The third-order valence-electron chi connectivity index (χ3n) is 15.6. The number of aliphatic hydroxyl groups is 3. The van der Waals surface area contributed by atoms with Gasteiger partial charge < -0.3 is 63.0 Å². The van der Waals surface area contributed by atoms with Crippen molar-refractivity contribution in [2.45, 2.75) is 171 Å². The third kappa shape index (κ3) is 21.0. The number of rotatable bonds is 25. The van der Waals surface area contributed by atoms with E-state index in [2.05, 4.69) is 79.8 Å². The van der Waals surface area contributed by atoms with Gasteiger partial charge in [0, 0.05) is 60.9 Å². The fourth-order valence-electron chi connectivity index (χ4n) is 9.60. The van der Waals surface area contributed by atoms with Crippen molar-refractivity contribution in [3.63, 3.8) is 0 Å². The van der Waals surface area contributed by atoms with Crippen molar-refractivity contribution in [2.24, 2.45) is 0 Å². The van der Waals surface area contributed by atoms with Crippen LogP contribution in [-0.2, 0) is 73.5 Å². The molecule has 6 heterocycles. The van der Waals surface area contributed by atoms with Gasteiger partial charge in [-0.15, -0.1) is 0 Å². The number of hydrogen-bond acceptors (Lipinski definition) is 25. The first-order valence-corrected chi connectivity index (χ1v) is 37.4. The van der Waals surface area contributed by atoms with E-state index in [4.69, 9.17) is 37.9 Å². The number of aromatic amines is 3. The molecule has 5 aromatic rings. The average molecular weight is 1490 g/mol. The number of phosphoric ester groups is 1. The maximum Gasteiger partial charge on any atom is 0.490 e. The number of nitro groups is 2. The summed E-state index contributed by atoms with van der Waals surface area (Å²) in [5.74, 6) is 0. The summed E-state index contributed by atoms with van der Waals surface area (Å²) in [6.45, 7) is 14.3. The molecule has 3 aliphatic heterocycles. The molecule has 3 saturated heterocycles. The van der Waals surface area contributed by atoms with Crippen LogP contribution < -0.4 is 33.7 Å². The van der Waals surface area contributed by atoms with Crippen LogP contribution in [0.5, 0.6) is 0 Å². The summed E-state index contributed by atoms with van der Waals surface area (Å²) in [5.41, 5.74) is -3.15. The number of para-hydroxylation sites is 2. The number of nitrogens with one attached hydrogen (secondary N) is 3. The molecular weight excluding hydrogens is 1410 g/mol. The Morgan fingerprint density at radius 2 is 1.05 bits per heavy atom. The van der Waals surface area contributed by atoms with Crippen LogP contribution in [0.4, 0.5) is 11.4 Å². The Morgan fingerprint density at radius 3 is 1.45 bits per heavy atom. The predicted octanol–water partition coefficient (Wildman–Crippen LogP) is 4.60. The van der Waals surface area contributed by atoms with E-state index in [0.717, 1.165) is 21.8 Å². The van der Waals surface area contributed by atoms with Crippen LogP contribution in [0.1, 0.15) is 126 Å². The minimum absolute atomic E-state index is 0.0397. The van der Waals surface area contributed by atoms with Crippen LogP contribution >= 0.6 is 39.4 Å². The summed E-state index contributed by atoms with van der Waals surface area (Å²) >= 11 is 3.28. The smallest absolute Gasteiger partial charge is 0.411 e. The lowest BCUT2D eigenvalue weighted by Gasteiger charge is -2.39. The van der Waals surface area contributed by atoms with Crippen LogP contribution in [0.25, 0.3) is 0 Å². The highest BCUT2D eigenvalue weighted by Crippen LogP contribution is 2.66. The lowest BCUT2D eigenvalue weighted by atomic mass is 10.1. The topological polar surface area (TPSA) is 527 Å². The van der Waals surface area contributed by atoms with Crippen molar-refractivity contribution in [1.82, 2.24) is 28.7 Å². The normalized spacial score (nSPS) is 23.3. The molecule has 526 valence electrons. The SMILES string of the molecule is CC(OCc1cn([C@H]2CC(O)[C@@H](CO)O2)c(=O)[nH]c1=O)c1ccccc1[N+](=O)[O-].CC(OCc1cn([C@H]2CC(O)[C@@H](COP(=O)(O)OP(=O)(O)OP(=O)(O)O)O2)c(=O)[nH]c1=O)c1ccccc1[N+](=O)[O-].CC[C@H]1O[C@@H](n2cc(CBr)c(=O)[nH]c2=O)CC1O[Si](C)(C)C(C)(C)C. The number of aliphatic hydroxyl groups excluding tert-OH is 3. The van der Waals surface area contributed by atoms with Gasteiger partial charge in [-0.2, -0.15) is 8.62 Å². The number of benzene rings is 2. The van der Waals surface area contributed by atoms with Gasteiger partial charge in [0.05, 0.1) is 95.2 Å². The van der Waals surface area contributed by atoms with Gasteiger partial charge in [-0.25, -0.2) is 28.1 Å². The fourth-order valence-corrected chi connectivity index (χ4v) is 14.4. The Hall–Kier alpha value is -5.97. The Morgan fingerprint density at radius 1 is 0.653 bits per heavy atom. The predicted molar refractivity (Wildman–Crippen MR) is 336 cm³/mol. The number of aromatic nitrogens is 6. The molecular formula is C53H74BrN8O29P3Si. The van der Waals surface area contributed by atoms with Gasteiger partial charge in [0.2, 0.25) is 0 Å². The number of nitrogens with zero attached hydrogens (tertiary/aromatic N) is 5. The zero-order chi connectivity index (χ0) is 70.9. The average Bonchev–Trinajstić information content (AvgIpc) is 1.72. The Labute approximate surface area is 547 Å². The highest BCUT2D eigenvalue weighted by molar-refractivity contribution is 9.08. The number of phosphoric acid groups is 3. The molecule has 2 aromatic carbocycles. The number of halogens is 1. The van der Waals surface area contributed by atoms with E-state index in [0.29, 0.717) is 22.9 Å². The standard InChI is InChI=1S/C18H24N3O17P3.C18H21N3O8.C17H29BrN2O4Si/c1-10(12-4-2-3-5-13(12)21(25)26)34-8-11-7-20(18(24)19-17(11)23)16-6-14(22)15(36-16)9-35-40(30,31)38-41(32,33)37-39(27,28)29;1-10(12-4-2-3-5-13(12)21(26)27)28-9-11-7-20(18(25)19-17(11)24)16-6-14(23)15(8-22)29-16;1-7-12-13(24-25(5,6)17(2,3)4)8-14(23-12)20-10-11(9-18)15(21)19-16(20)22/h2-5,7,10,14-16,22H,6,8-9H2,1H3,(H,30,31)(H,32,33)(H,19,23,24)(H2,27,28,29);2-5,7,10,14-16,22-23H,6,8-9H2,1H3,(H,19,24,25);10,12-14H,7-9H2,1-6H3,(H,19,21,22)/t2*10?,14?,15-,16-;12-,13?,14-/m111/s1. The summed E-state index contributed by atoms with van der Waals surface area (Å²) in [5, 5.41) is 52.3. The molecule has 0 spiro atoms. The first-order valence-electron chi connectivity index (χ1n) is 28.9. The molecule has 0 amide bonds. The third-order valence-corrected chi connectivity index (χ3v) is 24.5. The summed E-state index contributed by atoms with van der Waals surface area (Å²) in [7, 11) is -18.8. The van der Waals surface area contributed by atoms with Crippen molar-refractivity contribution in [1.29, 1.82) is 0 Å². The molecule has 0 radical (unpaired) electrons. The second-order valence-electron chi connectivity index (χ2n) is 23.3. The maximum absolute atomic E-state index is 12.4. The van der Waals surface area contributed by atoms with Crippen molar-refractivity contribution in [2.75, 3.05) is 13.2 Å². The quantitative estimate of drug-likeness (QED) is 0.0125. The van der Waals surface area contributed by atoms with E-state index >= 15 is 0 Å². The minimum atomic E-state index is -5.76. The summed E-state index contributed by atoms with van der Waals surface area (Å²) in [6, 6.07) is 11.9. The summed E-state index contributed by atoms with van der Waals surface area (Å²) < 4.78 is 84.0. The van der Waals surface area contributed by atoms with Gasteiger partial charge >= 0.3 is 40.5 Å². The molecule has 42 heteroatoms. The molecule has 0 saturated carbocycles. The van der Waals surface area contributed by atoms with Crippen molar-refractivity contribution in [3.8, 4) is 0 Å². The van der Waals surface area contributed by atoms with Gasteiger partial charge in [0.1, 0.15) is 30.9 Å². The zero-order valence-corrected chi connectivity index (χ0v) is 57.4. The van der Waals surface area contributed by atoms with Crippen LogP contribution in [0.15, 0.2) is 95.9 Å². The largest absolute Gasteiger partial charge is 0.490 e. The first kappa shape index (κ1) is 78.0. The molecule has 3 fully saturated rings. The Bertz CT molecular complexity index is 4060. The lowest BCUT2D eigenvalue weighted by molar-refractivity contribution is -0.386. The Kier molecular flexibility index (Phi) is 26.8. The molecule has 3 aliphatic rings. The van der Waals surface area contributed by atoms with Crippen LogP contribution in [-0.4, -0.2) is 132 Å². The van der Waals surface area contributed by atoms with Gasteiger partial charge in [0.25, 0.3) is 28.1 Å². The van der Waals surface area contributed by atoms with E-state index in [1.807, 2.05) is 4.98 Å². The fraction of sp³-hybridized carbons (Fsp3) is 0.547. The molecule has 10 N–H and O–H groups in total. The monoisotopic (exact) mass is 1490 g/mol. The summed E-state index contributed by atoms with van der Waals surface area (Å²) in [6.07, 6.45) is -3.64. The highest BCUT2D eigenvalue weighted by Gasteiger charge is 2.46. The highest BCUT2D eigenvalue weighted by atomic mass is 79.9. The number of alkyl halides is 1. The van der Waals surface area contributed by atoms with Crippen LogP contribution in [0, 0.1) is 20.2 Å². The van der Waals surface area contributed by atoms with E-state index in [9.17, 15) is 87.8 Å². The van der Waals surface area contributed by atoms with Crippen molar-refractivity contribution >= 4 is 59.1 Å². The summed E-state index contributed by atoms with van der Waals surface area (Å²) in [4.78, 5) is 137. The molecule has 3 aromatic heterocycles. The number of H-pyrrole nitrogens is 3. The second kappa shape index (κ2) is 32.6. The molecule has 37 nitrogen and oxygen atoms in total. The van der Waals surface area contributed by atoms with Crippen LogP contribution in [0.2, 0.25) is 18.1 Å². The van der Waals surface area contributed by atoms with E-state index in [1.54, 1.807) is 37.4 Å². The van der Waals surface area contributed by atoms with Gasteiger partial charge in [-0.3, -0.25) is 67.8 Å².